The monoisotopic (exact) mass is 319 g/mol. The lowest BCUT2D eigenvalue weighted by molar-refractivity contribution is 0.146. The SMILES string of the molecule is Cc1cc(C)nc(NC(=O)NCCN2CCC(N(C)C)CC2)c1. The molecule has 1 aliphatic heterocycles. The van der Waals surface area contributed by atoms with E-state index in [1.165, 1.54) is 12.8 Å². The topological polar surface area (TPSA) is 60.5 Å². The number of anilines is 1. The second-order valence-electron chi connectivity index (χ2n) is 6.59. The number of carbonyl (C=O) groups is 1. The van der Waals surface area contributed by atoms with Crippen molar-refractivity contribution in [1.82, 2.24) is 20.1 Å². The van der Waals surface area contributed by atoms with Gasteiger partial charge in [0.05, 0.1) is 0 Å². The normalized spacial score (nSPS) is 16.6. The van der Waals surface area contributed by atoms with Gasteiger partial charge in [-0.05, 0) is 71.6 Å². The Hall–Kier alpha value is -1.66. The van der Waals surface area contributed by atoms with Crippen molar-refractivity contribution >= 4 is 11.8 Å². The third kappa shape index (κ3) is 5.80. The zero-order chi connectivity index (χ0) is 16.8. The molecule has 6 nitrogen and oxygen atoms in total. The standard InChI is InChI=1S/C17H29N5O/c1-13-11-14(2)19-16(12-13)20-17(23)18-7-10-22-8-5-15(6-9-22)21(3)4/h11-12,15H,5-10H2,1-4H3,(H2,18,19,20,23). The van der Waals surface area contributed by atoms with Crippen LogP contribution in [0.25, 0.3) is 0 Å². The average Bonchev–Trinajstić information content (AvgIpc) is 2.46. The highest BCUT2D eigenvalue weighted by atomic mass is 16.2. The van der Waals surface area contributed by atoms with Gasteiger partial charge in [0.2, 0.25) is 0 Å². The minimum Gasteiger partial charge on any atom is -0.337 e. The average molecular weight is 319 g/mol. The van der Waals surface area contributed by atoms with Crippen molar-refractivity contribution in [2.24, 2.45) is 0 Å². The highest BCUT2D eigenvalue weighted by molar-refractivity contribution is 5.88. The smallest absolute Gasteiger partial charge is 0.320 e. The van der Waals surface area contributed by atoms with Crippen molar-refractivity contribution in [2.45, 2.75) is 32.7 Å². The van der Waals surface area contributed by atoms with Crippen molar-refractivity contribution in [3.05, 3.63) is 23.4 Å². The van der Waals surface area contributed by atoms with Crippen LogP contribution in [-0.2, 0) is 0 Å². The molecule has 2 rings (SSSR count). The highest BCUT2D eigenvalue weighted by Gasteiger charge is 2.20. The van der Waals surface area contributed by atoms with Crippen LogP contribution in [0.4, 0.5) is 10.6 Å². The first-order valence-corrected chi connectivity index (χ1v) is 8.33. The Morgan fingerprint density at radius 2 is 2.00 bits per heavy atom. The molecule has 0 spiro atoms. The Morgan fingerprint density at radius 1 is 1.30 bits per heavy atom. The molecule has 2 amide bonds. The Kier molecular flexibility index (Phi) is 6.36. The van der Waals surface area contributed by atoms with Crippen LogP contribution >= 0.6 is 0 Å². The fourth-order valence-corrected chi connectivity index (χ4v) is 3.05. The molecule has 1 aromatic heterocycles. The van der Waals surface area contributed by atoms with Crippen LogP contribution < -0.4 is 10.6 Å². The van der Waals surface area contributed by atoms with Gasteiger partial charge in [-0.15, -0.1) is 0 Å². The predicted molar refractivity (Wildman–Crippen MR) is 93.9 cm³/mol. The van der Waals surface area contributed by atoms with Crippen LogP contribution in [0.5, 0.6) is 0 Å². The molecule has 128 valence electrons. The molecule has 0 radical (unpaired) electrons. The van der Waals surface area contributed by atoms with Gasteiger partial charge in [-0.2, -0.15) is 0 Å². The molecule has 0 aliphatic carbocycles. The molecule has 2 N–H and O–H groups in total. The first-order chi connectivity index (χ1) is 10.9. The van der Waals surface area contributed by atoms with E-state index in [0.717, 1.165) is 30.9 Å². The fraction of sp³-hybridized carbons (Fsp3) is 0.647. The lowest BCUT2D eigenvalue weighted by atomic mass is 10.0. The number of aromatic nitrogens is 1. The van der Waals surface area contributed by atoms with Gasteiger partial charge in [0.1, 0.15) is 5.82 Å². The van der Waals surface area contributed by atoms with Gasteiger partial charge in [0.15, 0.2) is 0 Å². The summed E-state index contributed by atoms with van der Waals surface area (Å²) in [5.74, 6) is 0.604. The third-order valence-electron chi connectivity index (χ3n) is 4.34. The minimum atomic E-state index is -0.189. The number of nitrogens with one attached hydrogen (secondary N) is 2. The van der Waals surface area contributed by atoms with Crippen molar-refractivity contribution < 1.29 is 4.79 Å². The molecule has 1 fully saturated rings. The first kappa shape index (κ1) is 17.7. The number of nitrogens with zero attached hydrogens (tertiary/aromatic N) is 3. The van der Waals surface area contributed by atoms with Crippen molar-refractivity contribution in [3.63, 3.8) is 0 Å². The maximum absolute atomic E-state index is 11.9. The number of likely N-dealkylation sites (tertiary alicyclic amines) is 1. The molecule has 0 unspecified atom stereocenters. The molecule has 1 saturated heterocycles. The molecule has 23 heavy (non-hydrogen) atoms. The number of pyridine rings is 1. The van der Waals surface area contributed by atoms with Crippen LogP contribution in [0, 0.1) is 13.8 Å². The van der Waals surface area contributed by atoms with Crippen LogP contribution in [0.15, 0.2) is 12.1 Å². The lowest BCUT2D eigenvalue weighted by Crippen LogP contribution is -2.44. The van der Waals surface area contributed by atoms with Crippen LogP contribution in [0.3, 0.4) is 0 Å². The molecule has 0 atom stereocenters. The Labute approximate surface area is 139 Å². The number of carbonyl (C=O) groups excluding carboxylic acids is 1. The predicted octanol–water partition coefficient (Wildman–Crippen LogP) is 1.85. The van der Waals surface area contributed by atoms with E-state index in [0.29, 0.717) is 18.4 Å². The number of rotatable bonds is 5. The number of aryl methyl sites for hydroxylation is 2. The molecular weight excluding hydrogens is 290 g/mol. The Morgan fingerprint density at radius 3 is 2.61 bits per heavy atom. The molecule has 6 heteroatoms. The maximum atomic E-state index is 11.9. The Bertz CT molecular complexity index is 503. The van der Waals surface area contributed by atoms with E-state index < -0.39 is 0 Å². The van der Waals surface area contributed by atoms with Crippen molar-refractivity contribution in [1.29, 1.82) is 0 Å². The first-order valence-electron chi connectivity index (χ1n) is 8.33. The summed E-state index contributed by atoms with van der Waals surface area (Å²) < 4.78 is 0. The number of hydrogen-bond acceptors (Lipinski definition) is 4. The second kappa shape index (κ2) is 8.26. The summed E-state index contributed by atoms with van der Waals surface area (Å²) in [5.41, 5.74) is 2.00. The quantitative estimate of drug-likeness (QED) is 0.869. The van der Waals surface area contributed by atoms with Crippen molar-refractivity contribution in [3.8, 4) is 0 Å². The number of urea groups is 1. The van der Waals surface area contributed by atoms with Gasteiger partial charge in [-0.25, -0.2) is 9.78 Å². The van der Waals surface area contributed by atoms with Crippen LogP contribution in [0.1, 0.15) is 24.1 Å². The fourth-order valence-electron chi connectivity index (χ4n) is 3.05. The van der Waals surface area contributed by atoms with E-state index >= 15 is 0 Å². The molecule has 0 saturated carbocycles. The zero-order valence-electron chi connectivity index (χ0n) is 14.7. The molecule has 1 aliphatic rings. The summed E-state index contributed by atoms with van der Waals surface area (Å²) in [6.07, 6.45) is 2.40. The summed E-state index contributed by atoms with van der Waals surface area (Å²) in [5, 5.41) is 5.71. The number of amides is 2. The van der Waals surface area contributed by atoms with E-state index in [2.05, 4.69) is 39.5 Å². The number of piperidine rings is 1. The summed E-state index contributed by atoms with van der Waals surface area (Å²) in [6, 6.07) is 4.36. The largest absolute Gasteiger partial charge is 0.337 e. The van der Waals surface area contributed by atoms with E-state index in [1.54, 1.807) is 0 Å². The van der Waals surface area contributed by atoms with Gasteiger partial charge in [-0.3, -0.25) is 5.32 Å². The molecule has 1 aromatic rings. The molecule has 0 bridgehead atoms. The molecular formula is C17H29N5O. The maximum Gasteiger partial charge on any atom is 0.320 e. The second-order valence-corrected chi connectivity index (χ2v) is 6.59. The molecule has 0 aromatic carbocycles. The van der Waals surface area contributed by atoms with E-state index in [-0.39, 0.29) is 6.03 Å². The van der Waals surface area contributed by atoms with Crippen molar-refractivity contribution in [2.75, 3.05) is 45.6 Å². The van der Waals surface area contributed by atoms with E-state index in [4.69, 9.17) is 0 Å². The van der Waals surface area contributed by atoms with E-state index in [1.807, 2.05) is 26.0 Å². The van der Waals surface area contributed by atoms with Gasteiger partial charge in [0, 0.05) is 24.8 Å². The summed E-state index contributed by atoms with van der Waals surface area (Å²) >= 11 is 0. The van der Waals surface area contributed by atoms with Gasteiger partial charge >= 0.3 is 6.03 Å². The summed E-state index contributed by atoms with van der Waals surface area (Å²) in [6.45, 7) is 7.68. The van der Waals surface area contributed by atoms with Crippen LogP contribution in [-0.4, -0.2) is 67.1 Å². The lowest BCUT2D eigenvalue weighted by Gasteiger charge is -2.35. The third-order valence-corrected chi connectivity index (χ3v) is 4.34. The molecule has 2 heterocycles. The van der Waals surface area contributed by atoms with Crippen LogP contribution in [0.2, 0.25) is 0 Å². The van der Waals surface area contributed by atoms with Gasteiger partial charge in [-0.1, -0.05) is 0 Å². The van der Waals surface area contributed by atoms with Gasteiger partial charge in [0.25, 0.3) is 0 Å². The van der Waals surface area contributed by atoms with E-state index in [9.17, 15) is 4.79 Å². The minimum absolute atomic E-state index is 0.189. The van der Waals surface area contributed by atoms with Gasteiger partial charge < -0.3 is 15.1 Å². The summed E-state index contributed by atoms with van der Waals surface area (Å²) in [7, 11) is 4.29. The highest BCUT2D eigenvalue weighted by Crippen LogP contribution is 2.13. The zero-order valence-corrected chi connectivity index (χ0v) is 14.7. The summed E-state index contributed by atoms with van der Waals surface area (Å²) in [4.78, 5) is 21.0. The number of hydrogen-bond donors (Lipinski definition) is 2. The Balaban J connectivity index is 1.67.